The second-order valence-electron chi connectivity index (χ2n) is 12.2. The number of carbonyl (C=O) groups excluding carboxylic acids is 5. The molecule has 0 aromatic carbocycles. The van der Waals surface area contributed by atoms with E-state index in [4.69, 9.17) is 34.9 Å². The van der Waals surface area contributed by atoms with Crippen LogP contribution in [0.25, 0.3) is 0 Å². The van der Waals surface area contributed by atoms with E-state index in [1.54, 1.807) is 10.6 Å². The van der Waals surface area contributed by atoms with E-state index in [-0.39, 0.29) is 64.6 Å². The lowest BCUT2D eigenvalue weighted by Crippen LogP contribution is -2.43. The van der Waals surface area contributed by atoms with Crippen LogP contribution in [0.4, 0.5) is 26.3 Å². The lowest BCUT2D eigenvalue weighted by molar-refractivity contribution is -0.173. The molecule has 3 saturated heterocycles. The Bertz CT molecular complexity index is 1370. The van der Waals surface area contributed by atoms with E-state index >= 15 is 0 Å². The van der Waals surface area contributed by atoms with E-state index in [1.165, 1.54) is 7.11 Å². The Morgan fingerprint density at radius 3 is 1.21 bits per heavy atom. The highest BCUT2D eigenvalue weighted by Gasteiger charge is 2.41. The van der Waals surface area contributed by atoms with Crippen molar-refractivity contribution in [2.24, 2.45) is 5.73 Å². The Morgan fingerprint density at radius 1 is 0.632 bits per heavy atom. The third-order valence-electron chi connectivity index (χ3n) is 7.78. The van der Waals surface area contributed by atoms with Gasteiger partial charge in [0.25, 0.3) is 0 Å². The number of halogens is 6. The minimum absolute atomic E-state index is 0.0462. The molecule has 3 fully saturated rings. The van der Waals surface area contributed by atoms with Crippen molar-refractivity contribution >= 4 is 29.5 Å². The summed E-state index contributed by atoms with van der Waals surface area (Å²) >= 11 is 0. The molecule has 0 aromatic rings. The standard InChI is InChI=1S/2C11H17F3N2O5.C9H18N2O4/c2*1-20-5-8-6(17)4-7(21-8)9(18)15-2-3-16-10(19)11(12,13)14;1-14-5-8-6(12)4-7(15-8)9(13)11-3-2-10/h2*6-8,17H,2-5H2,1H3,(H,15,18)(H,16,19);6-8,12H,2-5,10H2,1H3,(H,11,13)/i1TD;;1TD. The molecule has 0 aromatic heterocycles. The first-order valence-corrected chi connectivity index (χ1v) is 17.1. The topological polar surface area (TPSA) is 288 Å². The number of aliphatic hydroxyl groups is 3. The van der Waals surface area contributed by atoms with Crippen molar-refractivity contribution in [3.05, 3.63) is 0 Å². The number of hydrogen-bond donors (Lipinski definition) is 9. The van der Waals surface area contributed by atoms with Crippen LogP contribution < -0.4 is 32.3 Å². The van der Waals surface area contributed by atoms with E-state index < -0.39 is 112 Å². The molecule has 57 heavy (non-hydrogen) atoms. The summed E-state index contributed by atoms with van der Waals surface area (Å²) in [5.74, 6) is -5.69. The number of rotatable bonds is 17. The van der Waals surface area contributed by atoms with Gasteiger partial charge >= 0.3 is 24.2 Å². The first-order valence-electron chi connectivity index (χ1n) is 19.4. The summed E-state index contributed by atoms with van der Waals surface area (Å²) in [6, 6.07) is 0. The number of aliphatic hydroxyl groups excluding tert-OH is 3. The first kappa shape index (κ1) is 44.6. The number of amides is 5. The average molecular weight is 853 g/mol. The zero-order chi connectivity index (χ0) is 46.5. The predicted octanol–water partition coefficient (Wildman–Crippen LogP) is -3.88. The molecule has 3 aliphatic rings. The van der Waals surface area contributed by atoms with Gasteiger partial charge in [0.1, 0.15) is 36.6 Å². The van der Waals surface area contributed by atoms with Crippen LogP contribution in [-0.2, 0) is 52.4 Å². The Morgan fingerprint density at radius 2 is 0.930 bits per heavy atom. The van der Waals surface area contributed by atoms with Gasteiger partial charge in [0.2, 0.25) is 17.7 Å². The van der Waals surface area contributed by atoms with Crippen LogP contribution in [0.3, 0.4) is 0 Å². The largest absolute Gasteiger partial charge is 0.471 e. The number of hydrogen-bond acceptors (Lipinski definition) is 15. The Balaban J connectivity index is 0.000000463. The summed E-state index contributed by atoms with van der Waals surface area (Å²) in [6.45, 7) is -0.655. The molecule has 11 atom stereocenters. The molecule has 10 N–H and O–H groups in total. The molecule has 0 spiro atoms. The zero-order valence-corrected chi connectivity index (χ0v) is 30.5. The molecule has 3 heterocycles. The fourth-order valence-corrected chi connectivity index (χ4v) is 4.96. The molecule has 0 bridgehead atoms. The van der Waals surface area contributed by atoms with Gasteiger partial charge in [-0.25, -0.2) is 0 Å². The molecule has 5 amide bonds. The van der Waals surface area contributed by atoms with Gasteiger partial charge in [-0.05, 0) is 0 Å². The average Bonchev–Trinajstić information content (AvgIpc) is 3.87. The van der Waals surface area contributed by atoms with Gasteiger partial charge in [-0.2, -0.15) is 26.3 Å². The van der Waals surface area contributed by atoms with Crippen molar-refractivity contribution in [2.45, 2.75) is 86.6 Å². The van der Waals surface area contributed by atoms with Crippen LogP contribution in [0.2, 0.25) is 0 Å². The molecule has 26 heteroatoms. The van der Waals surface area contributed by atoms with E-state index in [0.717, 1.165) is 0 Å². The molecule has 20 nitrogen and oxygen atoms in total. The molecular weight excluding hydrogens is 794 g/mol. The molecule has 0 radical (unpaired) electrons. The summed E-state index contributed by atoms with van der Waals surface area (Å²) in [5.41, 5.74) is 5.24. The van der Waals surface area contributed by atoms with Gasteiger partial charge in [-0.1, -0.05) is 0 Å². The number of ether oxygens (including phenoxy) is 6. The summed E-state index contributed by atoms with van der Waals surface area (Å²) in [5, 5.41) is 39.2. The summed E-state index contributed by atoms with van der Waals surface area (Å²) in [6.07, 6.45) is -17.2. The number of alkyl halides is 6. The van der Waals surface area contributed by atoms with Gasteiger partial charge in [0.05, 0.1) is 43.6 Å². The molecule has 332 valence electrons. The Hall–Kier alpha value is -3.47. The lowest BCUT2D eigenvalue weighted by Gasteiger charge is -2.14. The monoisotopic (exact) mass is 852 g/mol. The maximum absolute atomic E-state index is 11.9. The molecular formula is C31H52F6N6O14. The highest BCUT2D eigenvalue weighted by molar-refractivity contribution is 5.83. The quantitative estimate of drug-likeness (QED) is 0.0500. The van der Waals surface area contributed by atoms with E-state index in [0.29, 0.717) is 13.1 Å². The van der Waals surface area contributed by atoms with Crippen LogP contribution in [0.5, 0.6) is 0 Å². The number of carbonyl (C=O) groups is 5. The molecule has 3 rings (SSSR count). The third-order valence-corrected chi connectivity index (χ3v) is 7.78. The van der Waals surface area contributed by atoms with Gasteiger partial charge in [0.15, 0.2) is 0 Å². The normalized spacial score (nSPS) is 29.0. The van der Waals surface area contributed by atoms with Gasteiger partial charge in [-0.3, -0.25) is 24.0 Å². The SMILES string of the molecule is COCC1OC(C(=O)NCCNC(=O)C(F)(F)F)CC1O.[2H]C([3H])OCC1OC(C(=O)NCCN)CC1O.[2H]C([3H])OCC1OC(C(=O)NCCNC(=O)C(F)(F)F)CC1O. The smallest absolute Gasteiger partial charge is 0.390 e. The van der Waals surface area contributed by atoms with Crippen LogP contribution >= 0.6 is 0 Å². The van der Waals surface area contributed by atoms with Crippen molar-refractivity contribution in [1.82, 2.24) is 26.6 Å². The van der Waals surface area contributed by atoms with Crippen molar-refractivity contribution < 1.29 is 99.5 Å². The predicted molar refractivity (Wildman–Crippen MR) is 180 cm³/mol. The third kappa shape index (κ3) is 19.2. The first-order chi connectivity index (χ1) is 28.4. The molecule has 11 unspecified atom stereocenters. The van der Waals surface area contributed by atoms with Crippen LogP contribution in [0.15, 0.2) is 0 Å². The maximum Gasteiger partial charge on any atom is 0.471 e. The van der Waals surface area contributed by atoms with Crippen LogP contribution in [-0.4, -0.2) is 192 Å². The van der Waals surface area contributed by atoms with E-state index in [1.807, 2.05) is 0 Å². The second kappa shape index (κ2) is 25.8. The van der Waals surface area contributed by atoms with E-state index in [9.17, 15) is 65.6 Å². The molecule has 0 aliphatic carbocycles. The second-order valence-corrected chi connectivity index (χ2v) is 12.2. The fraction of sp³-hybridized carbons (Fsp3) is 0.839. The zero-order valence-electron chi connectivity index (χ0n) is 34.5. The lowest BCUT2D eigenvalue weighted by atomic mass is 10.1. The highest BCUT2D eigenvalue weighted by atomic mass is 19.4. The summed E-state index contributed by atoms with van der Waals surface area (Å²) in [4.78, 5) is 55.9. The van der Waals surface area contributed by atoms with Crippen LogP contribution in [0, 0.1) is 0 Å². The van der Waals surface area contributed by atoms with Gasteiger partial charge in [0, 0.05) is 79.8 Å². The van der Waals surface area contributed by atoms with Gasteiger partial charge < -0.3 is 76.1 Å². The molecule has 0 saturated carbocycles. The molecule has 3 aliphatic heterocycles. The Kier molecular flexibility index (Phi) is 20.2. The number of nitrogens with one attached hydrogen (secondary N) is 5. The summed E-state index contributed by atoms with van der Waals surface area (Å²) in [7, 11) is -1.54. The van der Waals surface area contributed by atoms with Crippen LogP contribution in [0.1, 0.15) is 24.7 Å². The summed E-state index contributed by atoms with van der Waals surface area (Å²) < 4.78 is 129. The van der Waals surface area contributed by atoms with E-state index in [2.05, 4.69) is 20.7 Å². The van der Waals surface area contributed by atoms with Crippen molar-refractivity contribution in [3.8, 4) is 0 Å². The van der Waals surface area contributed by atoms with Crippen molar-refractivity contribution in [1.29, 1.82) is 0 Å². The number of methoxy groups -OCH3 is 3. The highest BCUT2D eigenvalue weighted by Crippen LogP contribution is 2.23. The van der Waals surface area contributed by atoms with Gasteiger partial charge in [-0.15, -0.1) is 0 Å². The minimum Gasteiger partial charge on any atom is -0.390 e. The Labute approximate surface area is 328 Å². The van der Waals surface area contributed by atoms with Crippen molar-refractivity contribution in [3.63, 3.8) is 0 Å². The number of nitrogens with two attached hydrogens (primary N) is 1. The fourth-order valence-electron chi connectivity index (χ4n) is 4.96. The maximum atomic E-state index is 11.9. The van der Waals surface area contributed by atoms with Crippen molar-refractivity contribution in [2.75, 3.05) is 80.3 Å². The minimum atomic E-state index is -4.98.